The quantitative estimate of drug-likeness (QED) is 0.819. The second-order valence-electron chi connectivity index (χ2n) is 6.30. The number of nitrogens with zero attached hydrogens (tertiary/aromatic N) is 2. The first-order chi connectivity index (χ1) is 12.6. The average Bonchev–Trinajstić information content (AvgIpc) is 2.98. The Hall–Kier alpha value is -2.87. The van der Waals surface area contributed by atoms with E-state index in [4.69, 9.17) is 19.9 Å². The Kier molecular flexibility index (Phi) is 4.34. The Bertz CT molecular complexity index is 869. The van der Waals surface area contributed by atoms with E-state index in [-0.39, 0.29) is 31.9 Å². The number of aromatic nitrogens is 1. The summed E-state index contributed by atoms with van der Waals surface area (Å²) in [6.07, 6.45) is 2.82. The number of primary amides is 1. The van der Waals surface area contributed by atoms with Gasteiger partial charge in [-0.3, -0.25) is 9.59 Å². The molecule has 0 saturated carbocycles. The van der Waals surface area contributed by atoms with Crippen LogP contribution in [0.1, 0.15) is 23.2 Å². The predicted molar refractivity (Wildman–Crippen MR) is 91.9 cm³/mol. The summed E-state index contributed by atoms with van der Waals surface area (Å²) in [6.45, 7) is 1.03. The third kappa shape index (κ3) is 3.03. The number of benzene rings is 1. The molecule has 1 fully saturated rings. The van der Waals surface area contributed by atoms with Crippen molar-refractivity contribution in [2.75, 3.05) is 26.6 Å². The number of hydrogen-bond donors (Lipinski definition) is 1. The summed E-state index contributed by atoms with van der Waals surface area (Å²) < 4.78 is 17.2. The third-order valence-corrected chi connectivity index (χ3v) is 4.67. The number of pyridine rings is 1. The topological polar surface area (TPSA) is 104 Å². The van der Waals surface area contributed by atoms with E-state index in [1.807, 2.05) is 0 Å². The first-order valence-corrected chi connectivity index (χ1v) is 8.49. The number of hydrogen-bond acceptors (Lipinski definition) is 6. The highest BCUT2D eigenvalue weighted by molar-refractivity contribution is 6.01. The highest BCUT2D eigenvalue weighted by Crippen LogP contribution is 2.31. The monoisotopic (exact) mass is 357 g/mol. The molecule has 1 saturated heterocycles. The highest BCUT2D eigenvalue weighted by atomic mass is 16.5. The van der Waals surface area contributed by atoms with Gasteiger partial charge in [-0.25, -0.2) is 4.98 Å². The summed E-state index contributed by atoms with van der Waals surface area (Å²) in [4.78, 5) is 29.8. The number of carbonyl (C=O) groups is 2. The molecule has 3 heterocycles. The summed E-state index contributed by atoms with van der Waals surface area (Å²) in [6, 6.07) is 5.12. The van der Waals surface area contributed by atoms with Crippen LogP contribution in [0, 0.1) is 0 Å². The van der Waals surface area contributed by atoms with Crippen molar-refractivity contribution < 1.29 is 23.8 Å². The smallest absolute Gasteiger partial charge is 0.252 e. The van der Waals surface area contributed by atoms with Crippen LogP contribution in [-0.4, -0.2) is 54.3 Å². The maximum atomic E-state index is 12.0. The SMILES string of the molecule is NC(=O)c1cc2ccnc3c2cc1OCCOCN1C(=O)CC[C@H]1CO3. The lowest BCUT2D eigenvalue weighted by Gasteiger charge is -2.24. The maximum Gasteiger partial charge on any atom is 0.252 e. The van der Waals surface area contributed by atoms with Gasteiger partial charge in [-0.15, -0.1) is 0 Å². The zero-order valence-corrected chi connectivity index (χ0v) is 14.1. The molecule has 2 aromatic rings. The van der Waals surface area contributed by atoms with Crippen LogP contribution in [0.15, 0.2) is 24.4 Å². The van der Waals surface area contributed by atoms with Crippen molar-refractivity contribution in [2.45, 2.75) is 18.9 Å². The molecule has 2 N–H and O–H groups in total. The average molecular weight is 357 g/mol. The van der Waals surface area contributed by atoms with Gasteiger partial charge < -0.3 is 24.8 Å². The fourth-order valence-corrected chi connectivity index (χ4v) is 3.29. The zero-order valence-electron chi connectivity index (χ0n) is 14.1. The maximum absolute atomic E-state index is 12.0. The summed E-state index contributed by atoms with van der Waals surface area (Å²) >= 11 is 0. The Morgan fingerprint density at radius 3 is 3.00 bits per heavy atom. The van der Waals surface area contributed by atoms with Gasteiger partial charge in [0.25, 0.3) is 5.91 Å². The molecule has 1 aromatic heterocycles. The van der Waals surface area contributed by atoms with Crippen LogP contribution in [0.3, 0.4) is 0 Å². The summed E-state index contributed by atoms with van der Waals surface area (Å²) in [7, 11) is 0. The number of rotatable bonds is 1. The van der Waals surface area contributed by atoms with E-state index in [1.54, 1.807) is 29.3 Å². The summed E-state index contributed by atoms with van der Waals surface area (Å²) in [5.74, 6) is 0.278. The van der Waals surface area contributed by atoms with E-state index < -0.39 is 5.91 Å². The molecule has 2 aliphatic heterocycles. The minimum absolute atomic E-state index is 0.0504. The van der Waals surface area contributed by atoms with Crippen LogP contribution in [0.4, 0.5) is 0 Å². The number of carbonyl (C=O) groups excluding carboxylic acids is 2. The van der Waals surface area contributed by atoms with Crippen LogP contribution < -0.4 is 15.2 Å². The Balaban J connectivity index is 1.74. The third-order valence-electron chi connectivity index (χ3n) is 4.67. The molecule has 8 heteroatoms. The lowest BCUT2D eigenvalue weighted by atomic mass is 10.1. The normalized spacial score (nSPS) is 20.5. The van der Waals surface area contributed by atoms with Crippen molar-refractivity contribution in [3.05, 3.63) is 30.0 Å². The molecular formula is C18H19N3O5. The van der Waals surface area contributed by atoms with Crippen LogP contribution in [0.25, 0.3) is 10.8 Å². The first-order valence-electron chi connectivity index (χ1n) is 8.49. The largest absolute Gasteiger partial charge is 0.490 e. The van der Waals surface area contributed by atoms with Gasteiger partial charge in [0.1, 0.15) is 25.7 Å². The zero-order chi connectivity index (χ0) is 18.1. The van der Waals surface area contributed by atoms with Crippen molar-refractivity contribution in [1.29, 1.82) is 0 Å². The first kappa shape index (κ1) is 16.6. The summed E-state index contributed by atoms with van der Waals surface area (Å²) in [5.41, 5.74) is 5.77. The lowest BCUT2D eigenvalue weighted by molar-refractivity contribution is -0.135. The van der Waals surface area contributed by atoms with E-state index in [0.717, 1.165) is 17.2 Å². The Morgan fingerprint density at radius 1 is 1.27 bits per heavy atom. The lowest BCUT2D eigenvalue weighted by Crippen LogP contribution is -2.39. The molecule has 136 valence electrons. The van der Waals surface area contributed by atoms with Crippen molar-refractivity contribution in [1.82, 2.24) is 9.88 Å². The second-order valence-corrected chi connectivity index (χ2v) is 6.30. The van der Waals surface area contributed by atoms with Gasteiger partial charge in [-0.1, -0.05) is 0 Å². The van der Waals surface area contributed by atoms with Crippen LogP contribution in [-0.2, 0) is 9.53 Å². The van der Waals surface area contributed by atoms with E-state index in [2.05, 4.69) is 4.98 Å². The van der Waals surface area contributed by atoms with E-state index in [1.165, 1.54) is 0 Å². The Labute approximate surface area is 149 Å². The van der Waals surface area contributed by atoms with Gasteiger partial charge in [-0.05, 0) is 30.0 Å². The molecule has 0 radical (unpaired) electrons. The fraction of sp³-hybridized carbons (Fsp3) is 0.389. The second kappa shape index (κ2) is 6.80. The Morgan fingerprint density at radius 2 is 2.15 bits per heavy atom. The van der Waals surface area contributed by atoms with Crippen LogP contribution >= 0.6 is 0 Å². The molecular weight excluding hydrogens is 338 g/mol. The molecule has 1 aromatic carbocycles. The molecule has 2 amide bonds. The van der Waals surface area contributed by atoms with Crippen LogP contribution in [0.2, 0.25) is 0 Å². The van der Waals surface area contributed by atoms with E-state index in [0.29, 0.717) is 30.2 Å². The molecule has 2 bridgehead atoms. The van der Waals surface area contributed by atoms with Gasteiger partial charge in [0.2, 0.25) is 11.8 Å². The van der Waals surface area contributed by atoms with Gasteiger partial charge in [0, 0.05) is 18.0 Å². The number of amides is 2. The highest BCUT2D eigenvalue weighted by Gasteiger charge is 2.31. The molecule has 8 nitrogen and oxygen atoms in total. The van der Waals surface area contributed by atoms with Gasteiger partial charge in [0.15, 0.2) is 0 Å². The summed E-state index contributed by atoms with van der Waals surface area (Å²) in [5, 5.41) is 1.50. The molecule has 0 spiro atoms. The van der Waals surface area contributed by atoms with E-state index in [9.17, 15) is 9.59 Å². The van der Waals surface area contributed by atoms with Crippen LogP contribution in [0.5, 0.6) is 11.6 Å². The predicted octanol–water partition coefficient (Wildman–Crippen LogP) is 1.07. The minimum Gasteiger partial charge on any atom is -0.490 e. The molecule has 0 aliphatic carbocycles. The van der Waals surface area contributed by atoms with Gasteiger partial charge in [0.05, 0.1) is 18.2 Å². The van der Waals surface area contributed by atoms with Crippen molar-refractivity contribution in [3.63, 3.8) is 0 Å². The molecule has 4 rings (SSSR count). The molecule has 2 aliphatic rings. The van der Waals surface area contributed by atoms with Crippen molar-refractivity contribution >= 4 is 22.6 Å². The number of fused-ring (bicyclic) bond motifs is 2. The molecule has 0 unspecified atom stereocenters. The van der Waals surface area contributed by atoms with Crippen molar-refractivity contribution in [3.8, 4) is 11.6 Å². The molecule has 26 heavy (non-hydrogen) atoms. The number of ether oxygens (including phenoxy) is 3. The standard InChI is InChI=1S/C18H19N3O5/c19-17(23)14-7-11-3-4-20-18-13(11)8-15(14)25-6-5-24-10-21-12(9-26-18)1-2-16(21)22/h3-4,7-8,12H,1-2,5-6,9-10H2,(H2,19,23)/t12-/m0/s1. The number of nitrogens with two attached hydrogens (primary N) is 1. The molecule has 1 atom stereocenters. The fourth-order valence-electron chi connectivity index (χ4n) is 3.29. The van der Waals surface area contributed by atoms with Crippen molar-refractivity contribution in [2.24, 2.45) is 5.73 Å². The minimum atomic E-state index is -0.572. The van der Waals surface area contributed by atoms with E-state index >= 15 is 0 Å². The van der Waals surface area contributed by atoms with Gasteiger partial charge >= 0.3 is 0 Å². The van der Waals surface area contributed by atoms with Gasteiger partial charge in [-0.2, -0.15) is 0 Å².